The van der Waals surface area contributed by atoms with Crippen LogP contribution in [0.1, 0.15) is 12.7 Å². The average Bonchev–Trinajstić information content (AvgIpc) is 2.65. The third kappa shape index (κ3) is 3.87. The summed E-state index contributed by atoms with van der Waals surface area (Å²) < 4.78 is 21.8. The molecule has 0 aliphatic rings. The zero-order chi connectivity index (χ0) is 19.6. The number of benzene rings is 2. The zero-order valence-electron chi connectivity index (χ0n) is 15.0. The lowest BCUT2D eigenvalue weighted by atomic mass is 10.2. The van der Waals surface area contributed by atoms with Crippen molar-refractivity contribution in [2.24, 2.45) is 0 Å². The van der Waals surface area contributed by atoms with Gasteiger partial charge in [0.05, 0.1) is 18.5 Å². The predicted molar refractivity (Wildman–Crippen MR) is 95.4 cm³/mol. The molecule has 1 aromatic heterocycles. The van der Waals surface area contributed by atoms with Crippen LogP contribution in [0.25, 0.3) is 11.0 Å². The molecule has 0 bridgehead atoms. The first-order valence-electron chi connectivity index (χ1n) is 8.16. The quantitative estimate of drug-likeness (QED) is 0.658. The van der Waals surface area contributed by atoms with Gasteiger partial charge in [0.25, 0.3) is 0 Å². The fourth-order valence-electron chi connectivity index (χ4n) is 2.49. The summed E-state index contributed by atoms with van der Waals surface area (Å²) in [4.78, 5) is 23.6. The van der Waals surface area contributed by atoms with E-state index in [1.807, 2.05) is 0 Å². The van der Waals surface area contributed by atoms with Gasteiger partial charge >= 0.3 is 0 Å². The summed E-state index contributed by atoms with van der Waals surface area (Å²) in [5, 5.41) is 11.1. The predicted octanol–water partition coefficient (Wildman–Crippen LogP) is 2.42. The first-order valence-corrected chi connectivity index (χ1v) is 8.16. The highest BCUT2D eigenvalue weighted by atomic mass is 16.5. The van der Waals surface area contributed by atoms with Crippen LogP contribution in [-0.2, 0) is 4.79 Å². The summed E-state index contributed by atoms with van der Waals surface area (Å²) in [6, 6.07) is 11.3. The Hall–Kier alpha value is -3.48. The standard InChI is InChI=1S/C20H18O7/c1-11-19(27-14-6-4-5-13(9-14)24-3)18(21)16-8-7-15(10-17(16)26-11)25-12(2)20(22)23/h4-10,12H,1-3H3,(H,22,23)/p-1/t12-/m1/s1. The minimum absolute atomic E-state index is 0.0625. The Balaban J connectivity index is 1.98. The number of hydrogen-bond donors (Lipinski definition) is 0. The number of carbonyl (C=O) groups is 1. The Morgan fingerprint density at radius 2 is 1.85 bits per heavy atom. The van der Waals surface area contributed by atoms with E-state index in [9.17, 15) is 14.7 Å². The smallest absolute Gasteiger partial charge is 0.235 e. The van der Waals surface area contributed by atoms with Crippen LogP contribution in [0.4, 0.5) is 0 Å². The Morgan fingerprint density at radius 3 is 2.56 bits per heavy atom. The van der Waals surface area contributed by atoms with E-state index in [0.29, 0.717) is 11.5 Å². The van der Waals surface area contributed by atoms with Crippen LogP contribution in [-0.4, -0.2) is 19.2 Å². The number of hydrogen-bond acceptors (Lipinski definition) is 7. The molecule has 0 aliphatic carbocycles. The van der Waals surface area contributed by atoms with Crippen LogP contribution in [0.5, 0.6) is 23.0 Å². The van der Waals surface area contributed by atoms with Gasteiger partial charge in [0.15, 0.2) is 0 Å². The number of ether oxygens (including phenoxy) is 3. The van der Waals surface area contributed by atoms with Crippen molar-refractivity contribution < 1.29 is 28.5 Å². The van der Waals surface area contributed by atoms with Gasteiger partial charge in [-0.15, -0.1) is 0 Å². The van der Waals surface area contributed by atoms with Crippen LogP contribution < -0.4 is 24.7 Å². The van der Waals surface area contributed by atoms with Crippen molar-refractivity contribution in [1.82, 2.24) is 0 Å². The van der Waals surface area contributed by atoms with Gasteiger partial charge in [0, 0.05) is 12.1 Å². The van der Waals surface area contributed by atoms with Crippen molar-refractivity contribution in [3.63, 3.8) is 0 Å². The molecule has 0 aliphatic heterocycles. The molecule has 27 heavy (non-hydrogen) atoms. The SMILES string of the molecule is COc1cccc(Oc2c(C)oc3cc(O[C@H](C)C(=O)[O-])ccc3c2=O)c1. The molecule has 7 heteroatoms. The van der Waals surface area contributed by atoms with Crippen molar-refractivity contribution >= 4 is 16.9 Å². The van der Waals surface area contributed by atoms with E-state index < -0.39 is 12.1 Å². The monoisotopic (exact) mass is 369 g/mol. The highest BCUT2D eigenvalue weighted by molar-refractivity contribution is 5.80. The van der Waals surface area contributed by atoms with Gasteiger partial charge in [-0.3, -0.25) is 4.79 Å². The first kappa shape index (κ1) is 18.3. The number of carboxylic acids is 1. The largest absolute Gasteiger partial charge is 0.546 e. The minimum Gasteiger partial charge on any atom is -0.546 e. The Kier molecular flexibility index (Phi) is 5.03. The molecule has 3 aromatic rings. The third-order valence-corrected chi connectivity index (χ3v) is 3.89. The third-order valence-electron chi connectivity index (χ3n) is 3.89. The molecule has 0 unspecified atom stereocenters. The highest BCUT2D eigenvalue weighted by Crippen LogP contribution is 2.29. The second-order valence-corrected chi connectivity index (χ2v) is 5.83. The molecule has 0 saturated heterocycles. The molecule has 1 atom stereocenters. The lowest BCUT2D eigenvalue weighted by Gasteiger charge is -2.15. The van der Waals surface area contributed by atoms with Gasteiger partial charge in [-0.25, -0.2) is 0 Å². The van der Waals surface area contributed by atoms with E-state index in [4.69, 9.17) is 18.6 Å². The normalized spacial score (nSPS) is 11.8. The highest BCUT2D eigenvalue weighted by Gasteiger charge is 2.15. The number of carboxylic acid groups (broad SMARTS) is 1. The Morgan fingerprint density at radius 1 is 1.11 bits per heavy atom. The lowest BCUT2D eigenvalue weighted by molar-refractivity contribution is -0.312. The second-order valence-electron chi connectivity index (χ2n) is 5.83. The van der Waals surface area contributed by atoms with Crippen LogP contribution in [0.15, 0.2) is 51.7 Å². The maximum absolute atomic E-state index is 12.8. The topological polar surface area (TPSA) is 98.0 Å². The molecule has 0 fully saturated rings. The summed E-state index contributed by atoms with van der Waals surface area (Å²) in [5.74, 6) is 0.289. The lowest BCUT2D eigenvalue weighted by Crippen LogP contribution is -2.37. The van der Waals surface area contributed by atoms with Crippen LogP contribution in [0, 0.1) is 6.92 Å². The number of aryl methyl sites for hydroxylation is 1. The number of rotatable bonds is 6. The van der Waals surface area contributed by atoms with E-state index in [2.05, 4.69) is 0 Å². The van der Waals surface area contributed by atoms with Crippen molar-refractivity contribution in [2.75, 3.05) is 7.11 Å². The molecule has 1 heterocycles. The van der Waals surface area contributed by atoms with Gasteiger partial charge in [0.1, 0.15) is 34.7 Å². The van der Waals surface area contributed by atoms with Crippen molar-refractivity contribution in [3.8, 4) is 23.0 Å². The molecule has 0 spiro atoms. The zero-order valence-corrected chi connectivity index (χ0v) is 15.0. The average molecular weight is 369 g/mol. The minimum atomic E-state index is -1.34. The van der Waals surface area contributed by atoms with Crippen molar-refractivity contribution in [1.29, 1.82) is 0 Å². The van der Waals surface area contributed by atoms with E-state index in [1.54, 1.807) is 31.2 Å². The van der Waals surface area contributed by atoms with E-state index in [1.165, 1.54) is 32.2 Å². The number of aliphatic carboxylic acids is 1. The summed E-state index contributed by atoms with van der Waals surface area (Å²) in [6.07, 6.45) is -1.13. The number of fused-ring (bicyclic) bond motifs is 1. The van der Waals surface area contributed by atoms with Gasteiger partial charge < -0.3 is 28.5 Å². The molecular formula is C20H17O7-. The molecule has 0 radical (unpaired) electrons. The van der Waals surface area contributed by atoms with Crippen molar-refractivity contribution in [3.05, 3.63) is 58.4 Å². The molecule has 2 aromatic carbocycles. The van der Waals surface area contributed by atoms with Crippen LogP contribution >= 0.6 is 0 Å². The van der Waals surface area contributed by atoms with Gasteiger partial charge in [0.2, 0.25) is 11.2 Å². The van der Waals surface area contributed by atoms with Gasteiger partial charge in [-0.2, -0.15) is 0 Å². The Bertz CT molecular complexity index is 1050. The van der Waals surface area contributed by atoms with E-state index >= 15 is 0 Å². The number of carbonyl (C=O) groups excluding carboxylic acids is 1. The first-order chi connectivity index (χ1) is 12.9. The molecule has 3 rings (SSSR count). The molecule has 140 valence electrons. The molecule has 7 nitrogen and oxygen atoms in total. The van der Waals surface area contributed by atoms with E-state index in [0.717, 1.165) is 0 Å². The summed E-state index contributed by atoms with van der Waals surface area (Å²) in [7, 11) is 1.54. The maximum Gasteiger partial charge on any atom is 0.235 e. The van der Waals surface area contributed by atoms with E-state index in [-0.39, 0.29) is 33.7 Å². The van der Waals surface area contributed by atoms with Crippen LogP contribution in [0.2, 0.25) is 0 Å². The van der Waals surface area contributed by atoms with Crippen LogP contribution in [0.3, 0.4) is 0 Å². The van der Waals surface area contributed by atoms with Gasteiger partial charge in [-0.05, 0) is 38.1 Å². The number of methoxy groups -OCH3 is 1. The summed E-state index contributed by atoms with van der Waals surface area (Å²) in [5.41, 5.74) is -0.0883. The fraction of sp³-hybridized carbons (Fsp3) is 0.200. The molecule has 0 N–H and O–H groups in total. The molecular weight excluding hydrogens is 352 g/mol. The van der Waals surface area contributed by atoms with Crippen molar-refractivity contribution in [2.45, 2.75) is 20.0 Å². The molecule has 0 amide bonds. The molecule has 0 saturated carbocycles. The Labute approximate surface area is 154 Å². The second kappa shape index (κ2) is 7.41. The fourth-order valence-corrected chi connectivity index (χ4v) is 2.49. The summed E-state index contributed by atoms with van der Waals surface area (Å²) >= 11 is 0. The maximum atomic E-state index is 12.8. The summed E-state index contributed by atoms with van der Waals surface area (Å²) in [6.45, 7) is 2.96. The van der Waals surface area contributed by atoms with Gasteiger partial charge in [-0.1, -0.05) is 6.07 Å².